The molecule has 3 amide bonds. The monoisotopic (exact) mass is 319 g/mol. The van der Waals surface area contributed by atoms with E-state index in [2.05, 4.69) is 10.4 Å². The van der Waals surface area contributed by atoms with Crippen molar-refractivity contribution in [3.63, 3.8) is 0 Å². The topological polar surface area (TPSA) is 70.5 Å². The second kappa shape index (κ2) is 6.60. The van der Waals surface area contributed by atoms with Gasteiger partial charge in [-0.05, 0) is 39.2 Å². The van der Waals surface area contributed by atoms with Crippen LogP contribution in [0.3, 0.4) is 0 Å². The third-order valence-corrected chi connectivity index (χ3v) is 4.40. The largest absolute Gasteiger partial charge is 0.336 e. The lowest BCUT2D eigenvalue weighted by Gasteiger charge is -2.34. The van der Waals surface area contributed by atoms with E-state index in [1.54, 1.807) is 9.80 Å². The van der Waals surface area contributed by atoms with Gasteiger partial charge in [0, 0.05) is 44.5 Å². The fourth-order valence-electron chi connectivity index (χ4n) is 3.14. The summed E-state index contributed by atoms with van der Waals surface area (Å²) in [6.45, 7) is 7.05. The first-order valence-corrected chi connectivity index (χ1v) is 8.46. The minimum absolute atomic E-state index is 0.0178. The van der Waals surface area contributed by atoms with Gasteiger partial charge in [-0.15, -0.1) is 0 Å². The molecule has 1 N–H and O–H groups in total. The third kappa shape index (κ3) is 3.48. The molecule has 126 valence electrons. The minimum atomic E-state index is -0.0513. The van der Waals surface area contributed by atoms with E-state index in [4.69, 9.17) is 0 Å². The highest BCUT2D eigenvalue weighted by Gasteiger charge is 2.27. The molecule has 0 unspecified atom stereocenters. The average Bonchev–Trinajstić information content (AvgIpc) is 2.97. The van der Waals surface area contributed by atoms with Crippen molar-refractivity contribution in [1.29, 1.82) is 0 Å². The number of carbonyl (C=O) groups excluding carboxylic acids is 2. The molecule has 0 atom stereocenters. The number of hydrogen-bond acceptors (Lipinski definition) is 3. The Morgan fingerprint density at radius 2 is 1.78 bits per heavy atom. The van der Waals surface area contributed by atoms with Gasteiger partial charge in [-0.2, -0.15) is 5.10 Å². The van der Waals surface area contributed by atoms with Crippen molar-refractivity contribution >= 4 is 11.9 Å². The van der Waals surface area contributed by atoms with Gasteiger partial charge in [-0.3, -0.25) is 9.48 Å². The van der Waals surface area contributed by atoms with Crippen molar-refractivity contribution in [1.82, 2.24) is 24.9 Å². The van der Waals surface area contributed by atoms with Gasteiger partial charge in [-0.1, -0.05) is 0 Å². The van der Waals surface area contributed by atoms with Crippen LogP contribution in [-0.4, -0.2) is 63.7 Å². The Labute approximate surface area is 136 Å². The fraction of sp³-hybridized carbons (Fsp3) is 0.688. The highest BCUT2D eigenvalue weighted by Crippen LogP contribution is 2.17. The fourth-order valence-corrected chi connectivity index (χ4v) is 3.14. The maximum absolute atomic E-state index is 12.6. The van der Waals surface area contributed by atoms with Gasteiger partial charge < -0.3 is 15.1 Å². The highest BCUT2D eigenvalue weighted by molar-refractivity contribution is 5.92. The van der Waals surface area contributed by atoms with Crippen LogP contribution >= 0.6 is 0 Å². The second-order valence-electron chi connectivity index (χ2n) is 6.58. The maximum Gasteiger partial charge on any atom is 0.317 e. The van der Waals surface area contributed by atoms with Crippen molar-refractivity contribution in [2.45, 2.75) is 45.7 Å². The van der Waals surface area contributed by atoms with Gasteiger partial charge in [-0.25, -0.2) is 4.79 Å². The number of carbonyl (C=O) groups is 2. The van der Waals surface area contributed by atoms with E-state index in [9.17, 15) is 9.59 Å². The van der Waals surface area contributed by atoms with Crippen LogP contribution in [-0.2, 0) is 13.0 Å². The van der Waals surface area contributed by atoms with E-state index in [1.165, 1.54) is 6.42 Å². The molecular formula is C16H25N5O2. The third-order valence-electron chi connectivity index (χ3n) is 4.40. The van der Waals surface area contributed by atoms with Gasteiger partial charge >= 0.3 is 6.03 Å². The predicted octanol–water partition coefficient (Wildman–Crippen LogP) is 1.10. The first-order chi connectivity index (χ1) is 11.0. The Hall–Kier alpha value is -2.05. The van der Waals surface area contributed by atoms with E-state index in [-0.39, 0.29) is 18.0 Å². The number of nitrogens with zero attached hydrogens (tertiary/aromatic N) is 4. The second-order valence-corrected chi connectivity index (χ2v) is 6.58. The standard InChI is InChI=1S/C16H25N5O2/c1-12(2)17-16(23)20-9-7-19(8-10-20)15(22)14-11-13-5-3-4-6-21(13)18-14/h11-12H,3-10H2,1-2H3,(H,17,23). The molecule has 1 aromatic rings. The lowest BCUT2D eigenvalue weighted by molar-refractivity contribution is 0.0657. The Morgan fingerprint density at radius 1 is 1.09 bits per heavy atom. The summed E-state index contributed by atoms with van der Waals surface area (Å²) in [7, 11) is 0. The summed E-state index contributed by atoms with van der Waals surface area (Å²) in [5, 5.41) is 7.34. The van der Waals surface area contributed by atoms with E-state index in [0.29, 0.717) is 31.9 Å². The summed E-state index contributed by atoms with van der Waals surface area (Å²) in [6, 6.07) is 2.00. The van der Waals surface area contributed by atoms with Gasteiger partial charge in [0.2, 0.25) is 0 Å². The van der Waals surface area contributed by atoms with Gasteiger partial charge in [0.05, 0.1) is 0 Å². The smallest absolute Gasteiger partial charge is 0.317 e. The molecule has 3 rings (SSSR count). The minimum Gasteiger partial charge on any atom is -0.336 e. The number of aryl methyl sites for hydroxylation is 2. The summed E-state index contributed by atoms with van der Waals surface area (Å²) in [4.78, 5) is 28.2. The number of amides is 3. The molecule has 0 spiro atoms. The van der Waals surface area contributed by atoms with E-state index >= 15 is 0 Å². The number of hydrogen-bond donors (Lipinski definition) is 1. The maximum atomic E-state index is 12.6. The molecular weight excluding hydrogens is 294 g/mol. The molecule has 0 aromatic carbocycles. The number of fused-ring (bicyclic) bond motifs is 1. The summed E-state index contributed by atoms with van der Waals surface area (Å²) in [6.07, 6.45) is 3.30. The van der Waals surface area contributed by atoms with Crippen LogP contribution in [0, 0.1) is 0 Å². The number of urea groups is 1. The van der Waals surface area contributed by atoms with Crippen molar-refractivity contribution < 1.29 is 9.59 Å². The summed E-state index contributed by atoms with van der Waals surface area (Å²) in [5.74, 6) is -0.0178. The molecule has 2 aliphatic heterocycles. The van der Waals surface area contributed by atoms with E-state index in [1.807, 2.05) is 24.6 Å². The number of aromatic nitrogens is 2. The molecule has 0 saturated carbocycles. The zero-order valence-electron chi connectivity index (χ0n) is 13.9. The van der Waals surface area contributed by atoms with Crippen LogP contribution in [0.5, 0.6) is 0 Å². The summed E-state index contributed by atoms with van der Waals surface area (Å²) in [5.41, 5.74) is 1.71. The first kappa shape index (κ1) is 15.8. The normalized spacial score (nSPS) is 18.0. The Kier molecular flexibility index (Phi) is 4.54. The van der Waals surface area contributed by atoms with Crippen molar-refractivity contribution in [3.8, 4) is 0 Å². The van der Waals surface area contributed by atoms with Gasteiger partial charge in [0.15, 0.2) is 5.69 Å². The molecule has 7 nitrogen and oxygen atoms in total. The Balaban J connectivity index is 1.58. The number of rotatable bonds is 2. The quantitative estimate of drug-likeness (QED) is 0.887. The molecule has 0 radical (unpaired) electrons. The van der Waals surface area contributed by atoms with Crippen LogP contribution in [0.4, 0.5) is 4.79 Å². The van der Waals surface area contributed by atoms with Gasteiger partial charge in [0.25, 0.3) is 5.91 Å². The number of nitrogens with one attached hydrogen (secondary N) is 1. The number of piperazine rings is 1. The van der Waals surface area contributed by atoms with E-state index in [0.717, 1.165) is 25.1 Å². The van der Waals surface area contributed by atoms with Crippen LogP contribution in [0.1, 0.15) is 42.9 Å². The first-order valence-electron chi connectivity index (χ1n) is 8.46. The summed E-state index contributed by atoms with van der Waals surface area (Å²) >= 11 is 0. The molecule has 3 heterocycles. The molecule has 1 saturated heterocycles. The average molecular weight is 319 g/mol. The SMILES string of the molecule is CC(C)NC(=O)N1CCN(C(=O)c2cc3n(n2)CCCC3)CC1. The highest BCUT2D eigenvalue weighted by atomic mass is 16.2. The molecule has 7 heteroatoms. The predicted molar refractivity (Wildman–Crippen MR) is 86.3 cm³/mol. The van der Waals surface area contributed by atoms with Crippen molar-refractivity contribution in [3.05, 3.63) is 17.5 Å². The van der Waals surface area contributed by atoms with Crippen molar-refractivity contribution in [2.75, 3.05) is 26.2 Å². The Bertz CT molecular complexity index is 564. The zero-order valence-corrected chi connectivity index (χ0v) is 13.9. The lowest BCUT2D eigenvalue weighted by atomic mass is 10.1. The zero-order chi connectivity index (χ0) is 16.4. The van der Waals surface area contributed by atoms with Crippen LogP contribution in [0.2, 0.25) is 0 Å². The molecule has 1 fully saturated rings. The van der Waals surface area contributed by atoms with Crippen molar-refractivity contribution in [2.24, 2.45) is 0 Å². The molecule has 1 aromatic heterocycles. The van der Waals surface area contributed by atoms with Crippen LogP contribution in [0.15, 0.2) is 6.07 Å². The van der Waals surface area contributed by atoms with Crippen LogP contribution in [0.25, 0.3) is 0 Å². The lowest BCUT2D eigenvalue weighted by Crippen LogP contribution is -2.54. The molecule has 2 aliphatic rings. The Morgan fingerprint density at radius 3 is 2.43 bits per heavy atom. The van der Waals surface area contributed by atoms with E-state index < -0.39 is 0 Å². The summed E-state index contributed by atoms with van der Waals surface area (Å²) < 4.78 is 1.96. The molecule has 23 heavy (non-hydrogen) atoms. The molecule has 0 aliphatic carbocycles. The molecule has 0 bridgehead atoms. The van der Waals surface area contributed by atoms with Crippen LogP contribution < -0.4 is 5.32 Å². The van der Waals surface area contributed by atoms with Gasteiger partial charge in [0.1, 0.15) is 0 Å².